The molecule has 24 heavy (non-hydrogen) atoms. The third kappa shape index (κ3) is 3.34. The molecular formula is C18H16F2N2OS. The fourth-order valence-corrected chi connectivity index (χ4v) is 3.36. The van der Waals surface area contributed by atoms with Gasteiger partial charge < -0.3 is 9.67 Å². The third-order valence-corrected chi connectivity index (χ3v) is 4.84. The Morgan fingerprint density at radius 3 is 2.42 bits per heavy atom. The summed E-state index contributed by atoms with van der Waals surface area (Å²) in [6.45, 7) is 0. The number of halogens is 2. The standard InChI is InChI=1S/C18H16F2N2OS/c1-22-15(12-6-3-2-4-7-12)10-21-18(22)24-11-16(23)17-13(19)8-5-9-14(17)20/h2-10,16,23H,11H2,1H3. The van der Waals surface area contributed by atoms with E-state index in [1.165, 1.54) is 17.8 Å². The predicted octanol–water partition coefficient (Wildman–Crippen LogP) is 4.19. The van der Waals surface area contributed by atoms with E-state index in [2.05, 4.69) is 4.98 Å². The van der Waals surface area contributed by atoms with Crippen molar-refractivity contribution in [3.8, 4) is 11.3 Å². The first kappa shape index (κ1) is 16.7. The third-order valence-electron chi connectivity index (χ3n) is 3.72. The van der Waals surface area contributed by atoms with Gasteiger partial charge in [-0.1, -0.05) is 48.2 Å². The molecule has 1 atom stereocenters. The number of imidazole rings is 1. The van der Waals surface area contributed by atoms with Crippen LogP contribution < -0.4 is 0 Å². The smallest absolute Gasteiger partial charge is 0.168 e. The number of thioether (sulfide) groups is 1. The van der Waals surface area contributed by atoms with Crippen LogP contribution in [0.4, 0.5) is 8.78 Å². The van der Waals surface area contributed by atoms with Crippen molar-refractivity contribution in [1.29, 1.82) is 0 Å². The van der Waals surface area contributed by atoms with Crippen molar-refractivity contribution >= 4 is 11.8 Å². The lowest BCUT2D eigenvalue weighted by Gasteiger charge is -2.12. The van der Waals surface area contributed by atoms with Crippen molar-refractivity contribution in [2.75, 3.05) is 5.75 Å². The number of rotatable bonds is 5. The van der Waals surface area contributed by atoms with E-state index in [1.807, 2.05) is 41.9 Å². The minimum absolute atomic E-state index is 0.108. The highest BCUT2D eigenvalue weighted by atomic mass is 32.2. The summed E-state index contributed by atoms with van der Waals surface area (Å²) in [5, 5.41) is 10.8. The quantitative estimate of drug-likeness (QED) is 0.704. The van der Waals surface area contributed by atoms with Crippen molar-refractivity contribution in [3.05, 3.63) is 71.9 Å². The van der Waals surface area contributed by atoms with Crippen LogP contribution >= 0.6 is 11.8 Å². The monoisotopic (exact) mass is 346 g/mol. The lowest BCUT2D eigenvalue weighted by Crippen LogP contribution is -2.07. The second-order valence-corrected chi connectivity index (χ2v) is 6.30. The van der Waals surface area contributed by atoms with Gasteiger partial charge in [-0.2, -0.15) is 0 Å². The van der Waals surface area contributed by atoms with Gasteiger partial charge in [-0.3, -0.25) is 0 Å². The number of aliphatic hydroxyl groups excluding tert-OH is 1. The zero-order chi connectivity index (χ0) is 17.1. The summed E-state index contributed by atoms with van der Waals surface area (Å²) < 4.78 is 29.3. The van der Waals surface area contributed by atoms with Gasteiger partial charge >= 0.3 is 0 Å². The Morgan fingerprint density at radius 2 is 1.75 bits per heavy atom. The predicted molar refractivity (Wildman–Crippen MR) is 90.7 cm³/mol. The molecule has 0 aliphatic carbocycles. The van der Waals surface area contributed by atoms with Crippen LogP contribution in [0.5, 0.6) is 0 Å². The molecule has 0 aliphatic heterocycles. The summed E-state index contributed by atoms with van der Waals surface area (Å²) >= 11 is 1.25. The van der Waals surface area contributed by atoms with E-state index in [9.17, 15) is 13.9 Å². The van der Waals surface area contributed by atoms with E-state index in [0.29, 0.717) is 5.16 Å². The molecular weight excluding hydrogens is 330 g/mol. The minimum Gasteiger partial charge on any atom is -0.387 e. The summed E-state index contributed by atoms with van der Waals surface area (Å²) in [7, 11) is 1.87. The van der Waals surface area contributed by atoms with Gasteiger partial charge in [-0.15, -0.1) is 0 Å². The Kier molecular flexibility index (Phi) is 4.97. The van der Waals surface area contributed by atoms with Crippen LogP contribution in [-0.4, -0.2) is 20.4 Å². The van der Waals surface area contributed by atoms with E-state index in [1.54, 1.807) is 6.20 Å². The van der Waals surface area contributed by atoms with Gasteiger partial charge in [0.25, 0.3) is 0 Å². The molecule has 0 bridgehead atoms. The molecule has 0 amide bonds. The maximum atomic E-state index is 13.7. The summed E-state index contributed by atoms with van der Waals surface area (Å²) in [6, 6.07) is 13.3. The van der Waals surface area contributed by atoms with Gasteiger partial charge in [0.1, 0.15) is 11.6 Å². The van der Waals surface area contributed by atoms with Gasteiger partial charge in [0.15, 0.2) is 5.16 Å². The van der Waals surface area contributed by atoms with Crippen LogP contribution in [0.25, 0.3) is 11.3 Å². The molecule has 0 radical (unpaired) electrons. The number of aliphatic hydroxyl groups is 1. The van der Waals surface area contributed by atoms with Gasteiger partial charge in [-0.25, -0.2) is 13.8 Å². The van der Waals surface area contributed by atoms with E-state index in [0.717, 1.165) is 23.4 Å². The highest BCUT2D eigenvalue weighted by Gasteiger charge is 2.19. The molecule has 6 heteroatoms. The highest BCUT2D eigenvalue weighted by molar-refractivity contribution is 7.99. The first-order chi connectivity index (χ1) is 11.6. The Labute approximate surface area is 143 Å². The van der Waals surface area contributed by atoms with Crippen LogP contribution in [0.1, 0.15) is 11.7 Å². The molecule has 3 nitrogen and oxygen atoms in total. The van der Waals surface area contributed by atoms with Crippen LogP contribution in [0.15, 0.2) is 59.9 Å². The number of benzene rings is 2. The van der Waals surface area contributed by atoms with Gasteiger partial charge in [0.2, 0.25) is 0 Å². The average Bonchev–Trinajstić information content (AvgIpc) is 2.94. The van der Waals surface area contributed by atoms with Crippen molar-refractivity contribution in [2.24, 2.45) is 7.05 Å². The molecule has 0 saturated heterocycles. The van der Waals surface area contributed by atoms with E-state index < -0.39 is 17.7 Å². The Bertz CT molecular complexity index is 816. The Hall–Kier alpha value is -2.18. The lowest BCUT2D eigenvalue weighted by atomic mass is 10.1. The number of hydrogen-bond acceptors (Lipinski definition) is 3. The number of nitrogens with zero attached hydrogens (tertiary/aromatic N) is 2. The van der Waals surface area contributed by atoms with Crippen molar-refractivity contribution in [1.82, 2.24) is 9.55 Å². The first-order valence-corrected chi connectivity index (χ1v) is 8.38. The molecule has 2 aromatic carbocycles. The Morgan fingerprint density at radius 1 is 1.08 bits per heavy atom. The molecule has 3 rings (SSSR count). The summed E-state index contributed by atoms with van der Waals surface area (Å²) in [4.78, 5) is 4.33. The SMILES string of the molecule is Cn1c(-c2ccccc2)cnc1SCC(O)c1c(F)cccc1F. The maximum absolute atomic E-state index is 13.7. The first-order valence-electron chi connectivity index (χ1n) is 7.40. The van der Waals surface area contributed by atoms with E-state index in [-0.39, 0.29) is 11.3 Å². The molecule has 1 aromatic heterocycles. The van der Waals surface area contributed by atoms with Gasteiger partial charge in [0.05, 0.1) is 23.6 Å². The zero-order valence-corrected chi connectivity index (χ0v) is 13.8. The highest BCUT2D eigenvalue weighted by Crippen LogP contribution is 2.29. The molecule has 0 fully saturated rings. The Balaban J connectivity index is 1.75. The second kappa shape index (κ2) is 7.15. The number of aromatic nitrogens is 2. The molecule has 1 N–H and O–H groups in total. The van der Waals surface area contributed by atoms with Crippen LogP contribution in [0.2, 0.25) is 0 Å². The molecule has 1 heterocycles. The van der Waals surface area contributed by atoms with E-state index in [4.69, 9.17) is 0 Å². The molecule has 0 aliphatic rings. The van der Waals surface area contributed by atoms with Gasteiger partial charge in [-0.05, 0) is 17.7 Å². The van der Waals surface area contributed by atoms with Crippen molar-refractivity contribution in [3.63, 3.8) is 0 Å². The zero-order valence-electron chi connectivity index (χ0n) is 13.0. The number of hydrogen-bond donors (Lipinski definition) is 1. The fourth-order valence-electron chi connectivity index (χ4n) is 2.47. The fraction of sp³-hybridized carbons (Fsp3) is 0.167. The maximum Gasteiger partial charge on any atom is 0.168 e. The molecule has 0 saturated carbocycles. The summed E-state index contributed by atoms with van der Waals surface area (Å²) in [5.41, 5.74) is 1.66. The molecule has 124 valence electrons. The molecule has 0 spiro atoms. The minimum atomic E-state index is -1.24. The van der Waals surface area contributed by atoms with Gasteiger partial charge in [0, 0.05) is 12.8 Å². The van der Waals surface area contributed by atoms with E-state index >= 15 is 0 Å². The van der Waals surface area contributed by atoms with Crippen LogP contribution in [0.3, 0.4) is 0 Å². The molecule has 3 aromatic rings. The summed E-state index contributed by atoms with van der Waals surface area (Å²) in [6.07, 6.45) is 0.501. The molecule has 1 unspecified atom stereocenters. The second-order valence-electron chi connectivity index (χ2n) is 5.31. The lowest BCUT2D eigenvalue weighted by molar-refractivity contribution is 0.193. The van der Waals surface area contributed by atoms with Crippen molar-refractivity contribution in [2.45, 2.75) is 11.3 Å². The summed E-state index contributed by atoms with van der Waals surface area (Å²) in [5.74, 6) is -1.38. The largest absolute Gasteiger partial charge is 0.387 e. The van der Waals surface area contributed by atoms with Crippen LogP contribution in [-0.2, 0) is 7.05 Å². The average molecular weight is 346 g/mol. The van der Waals surface area contributed by atoms with Crippen LogP contribution in [0, 0.1) is 11.6 Å². The van der Waals surface area contributed by atoms with Crippen molar-refractivity contribution < 1.29 is 13.9 Å². The topological polar surface area (TPSA) is 38.0 Å². The normalized spacial score (nSPS) is 12.3.